The summed E-state index contributed by atoms with van der Waals surface area (Å²) in [5, 5.41) is 4.66. The van der Waals surface area contributed by atoms with Crippen molar-refractivity contribution in [3.8, 4) is 0 Å². The Balaban J connectivity index is 2.36. The third kappa shape index (κ3) is 2.52. The van der Waals surface area contributed by atoms with Crippen LogP contribution in [0.1, 0.15) is 44.6 Å². The first-order valence-electron chi connectivity index (χ1n) is 6.54. The van der Waals surface area contributed by atoms with Crippen molar-refractivity contribution in [2.45, 2.75) is 39.7 Å². The van der Waals surface area contributed by atoms with Crippen LogP contribution in [0.15, 0.2) is 28.7 Å². The topological polar surface area (TPSA) is 25.2 Å². The molecule has 1 heterocycles. The Morgan fingerprint density at radius 2 is 2.00 bits per heavy atom. The molecule has 0 radical (unpaired) electrons. The van der Waals surface area contributed by atoms with Gasteiger partial charge in [-0.3, -0.25) is 0 Å². The molecule has 2 heteroatoms. The SMILES string of the molecule is CCNC(CC)c1cc2cc(CC)ccc2o1. The van der Waals surface area contributed by atoms with Crippen molar-refractivity contribution in [2.24, 2.45) is 0 Å². The Hall–Kier alpha value is -1.28. The van der Waals surface area contributed by atoms with Crippen molar-refractivity contribution < 1.29 is 4.42 Å². The van der Waals surface area contributed by atoms with E-state index in [0.717, 1.165) is 30.7 Å². The van der Waals surface area contributed by atoms with Gasteiger partial charge in [0.05, 0.1) is 6.04 Å². The molecular formula is C15H21NO. The number of hydrogen-bond acceptors (Lipinski definition) is 2. The molecule has 0 aliphatic heterocycles. The quantitative estimate of drug-likeness (QED) is 0.839. The first-order chi connectivity index (χ1) is 8.28. The predicted molar refractivity (Wildman–Crippen MR) is 72.3 cm³/mol. The summed E-state index contributed by atoms with van der Waals surface area (Å²) in [6, 6.07) is 8.95. The van der Waals surface area contributed by atoms with Gasteiger partial charge in [-0.1, -0.05) is 26.8 Å². The van der Waals surface area contributed by atoms with E-state index >= 15 is 0 Å². The highest BCUT2D eigenvalue weighted by Gasteiger charge is 2.13. The largest absolute Gasteiger partial charge is 0.459 e. The van der Waals surface area contributed by atoms with Gasteiger partial charge in [-0.15, -0.1) is 0 Å². The van der Waals surface area contributed by atoms with Gasteiger partial charge < -0.3 is 9.73 Å². The summed E-state index contributed by atoms with van der Waals surface area (Å²) >= 11 is 0. The highest BCUT2D eigenvalue weighted by molar-refractivity contribution is 5.78. The van der Waals surface area contributed by atoms with Gasteiger partial charge in [0.1, 0.15) is 11.3 Å². The van der Waals surface area contributed by atoms with Crippen LogP contribution in [0, 0.1) is 0 Å². The Bertz CT molecular complexity index is 487. The average molecular weight is 231 g/mol. The molecule has 1 N–H and O–H groups in total. The van der Waals surface area contributed by atoms with Crippen molar-refractivity contribution in [3.63, 3.8) is 0 Å². The maximum Gasteiger partial charge on any atom is 0.134 e. The molecule has 0 saturated carbocycles. The molecule has 1 aromatic heterocycles. The van der Waals surface area contributed by atoms with E-state index in [1.54, 1.807) is 0 Å². The average Bonchev–Trinajstić information content (AvgIpc) is 2.78. The second kappa shape index (κ2) is 5.37. The van der Waals surface area contributed by atoms with E-state index in [-0.39, 0.29) is 0 Å². The number of benzene rings is 1. The van der Waals surface area contributed by atoms with Crippen LogP contribution in [-0.4, -0.2) is 6.54 Å². The maximum atomic E-state index is 5.91. The van der Waals surface area contributed by atoms with Crippen molar-refractivity contribution in [1.82, 2.24) is 5.32 Å². The summed E-state index contributed by atoms with van der Waals surface area (Å²) in [5.41, 5.74) is 2.36. The number of hydrogen-bond donors (Lipinski definition) is 1. The van der Waals surface area contributed by atoms with E-state index in [2.05, 4.69) is 50.4 Å². The van der Waals surface area contributed by atoms with Gasteiger partial charge in [0.25, 0.3) is 0 Å². The van der Waals surface area contributed by atoms with E-state index in [1.165, 1.54) is 10.9 Å². The molecule has 0 saturated heterocycles. The van der Waals surface area contributed by atoms with Crippen LogP contribution in [0.25, 0.3) is 11.0 Å². The zero-order valence-corrected chi connectivity index (χ0v) is 10.9. The van der Waals surface area contributed by atoms with Gasteiger partial charge in [-0.25, -0.2) is 0 Å². The summed E-state index contributed by atoms with van der Waals surface area (Å²) in [6.45, 7) is 7.45. The number of fused-ring (bicyclic) bond motifs is 1. The van der Waals surface area contributed by atoms with E-state index in [9.17, 15) is 0 Å². The monoisotopic (exact) mass is 231 g/mol. The summed E-state index contributed by atoms with van der Waals surface area (Å²) in [6.07, 6.45) is 2.12. The molecule has 2 rings (SSSR count). The van der Waals surface area contributed by atoms with Crippen LogP contribution < -0.4 is 5.32 Å². The summed E-state index contributed by atoms with van der Waals surface area (Å²) in [7, 11) is 0. The Labute approximate surface area is 103 Å². The van der Waals surface area contributed by atoms with Crippen molar-refractivity contribution in [3.05, 3.63) is 35.6 Å². The summed E-state index contributed by atoms with van der Waals surface area (Å²) in [5.74, 6) is 1.05. The lowest BCUT2D eigenvalue weighted by Crippen LogP contribution is -2.19. The molecule has 0 amide bonds. The lowest BCUT2D eigenvalue weighted by atomic mass is 10.1. The van der Waals surface area contributed by atoms with Gasteiger partial charge in [0.15, 0.2) is 0 Å². The Kier molecular flexibility index (Phi) is 3.85. The highest BCUT2D eigenvalue weighted by atomic mass is 16.3. The molecule has 0 aliphatic carbocycles. The molecule has 17 heavy (non-hydrogen) atoms. The minimum atomic E-state index is 0.331. The van der Waals surface area contributed by atoms with Gasteiger partial charge in [-0.05, 0) is 43.1 Å². The third-order valence-corrected chi connectivity index (χ3v) is 3.21. The molecule has 0 spiro atoms. The standard InChI is InChI=1S/C15H21NO/c1-4-11-7-8-14-12(9-11)10-15(17-14)13(5-2)16-6-3/h7-10,13,16H,4-6H2,1-3H3. The predicted octanol–water partition coefficient (Wildman–Crippen LogP) is 4.06. The molecule has 1 aromatic carbocycles. The van der Waals surface area contributed by atoms with Crippen LogP contribution in [0.3, 0.4) is 0 Å². The number of nitrogens with one attached hydrogen (secondary N) is 1. The van der Waals surface area contributed by atoms with E-state index in [1.807, 2.05) is 0 Å². The molecule has 92 valence electrons. The van der Waals surface area contributed by atoms with Crippen LogP contribution >= 0.6 is 0 Å². The van der Waals surface area contributed by atoms with Gasteiger partial charge in [-0.2, -0.15) is 0 Å². The van der Waals surface area contributed by atoms with Crippen molar-refractivity contribution in [1.29, 1.82) is 0 Å². The summed E-state index contributed by atoms with van der Waals surface area (Å²) in [4.78, 5) is 0. The zero-order valence-electron chi connectivity index (χ0n) is 10.9. The molecular weight excluding hydrogens is 210 g/mol. The van der Waals surface area contributed by atoms with Gasteiger partial charge in [0.2, 0.25) is 0 Å². The maximum absolute atomic E-state index is 5.91. The fourth-order valence-electron chi connectivity index (χ4n) is 2.20. The highest BCUT2D eigenvalue weighted by Crippen LogP contribution is 2.26. The van der Waals surface area contributed by atoms with Crippen LogP contribution in [-0.2, 0) is 6.42 Å². The van der Waals surface area contributed by atoms with Crippen molar-refractivity contribution in [2.75, 3.05) is 6.54 Å². The fraction of sp³-hybridized carbons (Fsp3) is 0.467. The van der Waals surface area contributed by atoms with Crippen LogP contribution in [0.2, 0.25) is 0 Å². The third-order valence-electron chi connectivity index (χ3n) is 3.21. The number of furan rings is 1. The van der Waals surface area contributed by atoms with E-state index in [0.29, 0.717) is 6.04 Å². The fourth-order valence-corrected chi connectivity index (χ4v) is 2.20. The normalized spacial score (nSPS) is 13.1. The molecule has 2 nitrogen and oxygen atoms in total. The zero-order chi connectivity index (χ0) is 12.3. The Morgan fingerprint density at radius 3 is 2.65 bits per heavy atom. The van der Waals surface area contributed by atoms with Crippen molar-refractivity contribution >= 4 is 11.0 Å². The van der Waals surface area contributed by atoms with Gasteiger partial charge in [0, 0.05) is 5.39 Å². The molecule has 1 atom stereocenters. The molecule has 2 aromatic rings. The second-order valence-electron chi connectivity index (χ2n) is 4.39. The lowest BCUT2D eigenvalue weighted by molar-refractivity contribution is 0.428. The molecule has 1 unspecified atom stereocenters. The minimum Gasteiger partial charge on any atom is -0.459 e. The van der Waals surface area contributed by atoms with Crippen LogP contribution in [0.5, 0.6) is 0 Å². The minimum absolute atomic E-state index is 0.331. The Morgan fingerprint density at radius 1 is 1.18 bits per heavy atom. The van der Waals surface area contributed by atoms with Gasteiger partial charge >= 0.3 is 0 Å². The number of aryl methyl sites for hydroxylation is 1. The molecule has 0 fully saturated rings. The lowest BCUT2D eigenvalue weighted by Gasteiger charge is -2.11. The summed E-state index contributed by atoms with van der Waals surface area (Å²) < 4.78 is 5.91. The van der Waals surface area contributed by atoms with E-state index < -0.39 is 0 Å². The van der Waals surface area contributed by atoms with E-state index in [4.69, 9.17) is 4.42 Å². The smallest absolute Gasteiger partial charge is 0.134 e. The van der Waals surface area contributed by atoms with Crippen LogP contribution in [0.4, 0.5) is 0 Å². The molecule has 0 aliphatic rings. The first-order valence-corrected chi connectivity index (χ1v) is 6.54. The number of rotatable bonds is 5. The second-order valence-corrected chi connectivity index (χ2v) is 4.39. The first kappa shape index (κ1) is 12.2. The molecule has 0 bridgehead atoms.